The average Bonchev–Trinajstić information content (AvgIpc) is 3.21. The maximum Gasteiger partial charge on any atom is 0.295 e. The highest BCUT2D eigenvalue weighted by molar-refractivity contribution is 6.46. The van der Waals surface area contributed by atoms with Crippen molar-refractivity contribution < 1.29 is 33.6 Å². The molecule has 8 nitrogen and oxygen atoms in total. The van der Waals surface area contributed by atoms with Crippen LogP contribution < -0.4 is 18.9 Å². The van der Waals surface area contributed by atoms with Crippen molar-refractivity contribution in [3.05, 3.63) is 102 Å². The van der Waals surface area contributed by atoms with Crippen molar-refractivity contribution in [3.63, 3.8) is 0 Å². The van der Waals surface area contributed by atoms with Gasteiger partial charge in [-0.15, -0.1) is 0 Å². The molecular weight excluding hydrogens is 498 g/mol. The standard InChI is InChI=1S/C31H29NO7/c1-3-14-37-23-12-10-21(17-25(23)36-4-2)28-27(29(33)22-11-13-24-26(18-22)39-16-15-38-24)30(34)31(35)32(28)19-20-8-6-5-7-9-20/h3,5-13,17-18,28,33H,1,4,14-16,19H2,2H3/b29-27-. The van der Waals surface area contributed by atoms with Crippen LogP contribution in [0.25, 0.3) is 5.76 Å². The normalized spacial score (nSPS) is 17.7. The Morgan fingerprint density at radius 2 is 1.77 bits per heavy atom. The van der Waals surface area contributed by atoms with E-state index < -0.39 is 17.7 Å². The van der Waals surface area contributed by atoms with E-state index in [4.69, 9.17) is 18.9 Å². The lowest BCUT2D eigenvalue weighted by Crippen LogP contribution is -2.29. The number of fused-ring (bicyclic) bond motifs is 1. The van der Waals surface area contributed by atoms with Crippen molar-refractivity contribution in [1.82, 2.24) is 4.90 Å². The molecule has 0 bridgehead atoms. The van der Waals surface area contributed by atoms with E-state index in [0.29, 0.717) is 53.9 Å². The van der Waals surface area contributed by atoms with Crippen LogP contribution in [-0.2, 0) is 16.1 Å². The molecule has 2 heterocycles. The Labute approximate surface area is 226 Å². The van der Waals surface area contributed by atoms with Gasteiger partial charge in [0.05, 0.1) is 18.2 Å². The summed E-state index contributed by atoms with van der Waals surface area (Å²) >= 11 is 0. The van der Waals surface area contributed by atoms with Crippen molar-refractivity contribution in [2.75, 3.05) is 26.4 Å². The number of amides is 1. The van der Waals surface area contributed by atoms with Crippen LogP contribution in [-0.4, -0.2) is 48.1 Å². The predicted molar refractivity (Wildman–Crippen MR) is 145 cm³/mol. The third-order valence-electron chi connectivity index (χ3n) is 6.49. The molecule has 1 N–H and O–H groups in total. The molecule has 3 aromatic carbocycles. The second-order valence-electron chi connectivity index (χ2n) is 9.01. The van der Waals surface area contributed by atoms with E-state index in [1.165, 1.54) is 4.90 Å². The zero-order chi connectivity index (χ0) is 27.4. The Morgan fingerprint density at radius 1 is 1.00 bits per heavy atom. The van der Waals surface area contributed by atoms with Crippen LogP contribution in [0.5, 0.6) is 23.0 Å². The number of hydrogen-bond donors (Lipinski definition) is 1. The van der Waals surface area contributed by atoms with Crippen LogP contribution in [0.3, 0.4) is 0 Å². The van der Waals surface area contributed by atoms with Crippen LogP contribution in [0.1, 0.15) is 29.7 Å². The van der Waals surface area contributed by atoms with Crippen LogP contribution in [0.15, 0.2) is 85.0 Å². The number of Topliss-reactive ketones (excluding diaryl/α,β-unsaturated/α-hetero) is 1. The first-order chi connectivity index (χ1) is 19.0. The topological polar surface area (TPSA) is 94.5 Å². The lowest BCUT2D eigenvalue weighted by molar-refractivity contribution is -0.140. The zero-order valence-corrected chi connectivity index (χ0v) is 21.6. The number of nitrogens with zero attached hydrogens (tertiary/aromatic N) is 1. The second kappa shape index (κ2) is 11.3. The number of ketones is 1. The minimum Gasteiger partial charge on any atom is -0.507 e. The summed E-state index contributed by atoms with van der Waals surface area (Å²) in [6.45, 7) is 7.19. The fraction of sp³-hybridized carbons (Fsp3) is 0.226. The molecule has 8 heteroatoms. The maximum atomic E-state index is 13.5. The molecule has 0 aliphatic carbocycles. The monoisotopic (exact) mass is 527 g/mol. The molecule has 0 aromatic heterocycles. The number of carbonyl (C=O) groups excluding carboxylic acids is 2. The minimum atomic E-state index is -0.869. The van der Waals surface area contributed by atoms with Crippen molar-refractivity contribution in [1.29, 1.82) is 0 Å². The van der Waals surface area contributed by atoms with Gasteiger partial charge in [0.25, 0.3) is 11.7 Å². The first kappa shape index (κ1) is 25.9. The summed E-state index contributed by atoms with van der Waals surface area (Å²) in [5, 5.41) is 11.5. The first-order valence-corrected chi connectivity index (χ1v) is 12.7. The van der Waals surface area contributed by atoms with E-state index in [1.54, 1.807) is 42.5 Å². The summed E-state index contributed by atoms with van der Waals surface area (Å²) in [5.41, 5.74) is 1.77. The lowest BCUT2D eigenvalue weighted by Gasteiger charge is -2.26. The number of carbonyl (C=O) groups is 2. The number of benzene rings is 3. The maximum absolute atomic E-state index is 13.5. The van der Waals surface area contributed by atoms with Gasteiger partial charge < -0.3 is 29.0 Å². The Bertz CT molecular complexity index is 1430. The highest BCUT2D eigenvalue weighted by Gasteiger charge is 2.46. The van der Waals surface area contributed by atoms with E-state index in [2.05, 4.69) is 6.58 Å². The van der Waals surface area contributed by atoms with Gasteiger partial charge in [0, 0.05) is 12.1 Å². The fourth-order valence-corrected chi connectivity index (χ4v) is 4.75. The van der Waals surface area contributed by atoms with Gasteiger partial charge in [-0.05, 0) is 48.4 Å². The molecule has 39 heavy (non-hydrogen) atoms. The molecule has 1 fully saturated rings. The van der Waals surface area contributed by atoms with Crippen LogP contribution in [0, 0.1) is 0 Å². The van der Waals surface area contributed by atoms with Gasteiger partial charge in [-0.2, -0.15) is 0 Å². The van der Waals surface area contributed by atoms with E-state index in [0.717, 1.165) is 5.56 Å². The minimum absolute atomic E-state index is 0.0187. The molecule has 1 unspecified atom stereocenters. The van der Waals surface area contributed by atoms with Crippen molar-refractivity contribution >= 4 is 17.4 Å². The van der Waals surface area contributed by atoms with Gasteiger partial charge in [0.1, 0.15) is 25.6 Å². The lowest BCUT2D eigenvalue weighted by atomic mass is 9.94. The van der Waals surface area contributed by atoms with Gasteiger partial charge in [-0.3, -0.25) is 9.59 Å². The molecular formula is C31H29NO7. The zero-order valence-electron chi connectivity index (χ0n) is 21.6. The van der Waals surface area contributed by atoms with Crippen LogP contribution >= 0.6 is 0 Å². The Balaban J connectivity index is 1.64. The van der Waals surface area contributed by atoms with Gasteiger partial charge in [-0.25, -0.2) is 0 Å². The quantitative estimate of drug-likeness (QED) is 0.180. The number of ether oxygens (including phenoxy) is 4. The fourth-order valence-electron chi connectivity index (χ4n) is 4.75. The number of likely N-dealkylation sites (tertiary alicyclic amines) is 1. The molecule has 0 radical (unpaired) electrons. The Hall–Kier alpha value is -4.72. The summed E-state index contributed by atoms with van der Waals surface area (Å²) in [6.07, 6.45) is 1.63. The molecule has 0 spiro atoms. The summed E-state index contributed by atoms with van der Waals surface area (Å²) < 4.78 is 22.8. The van der Waals surface area contributed by atoms with Gasteiger partial charge in [0.15, 0.2) is 23.0 Å². The number of aliphatic hydroxyl groups excluding tert-OH is 1. The summed E-state index contributed by atoms with van der Waals surface area (Å²) in [5.74, 6) is 0.212. The van der Waals surface area contributed by atoms with Gasteiger partial charge in [0.2, 0.25) is 0 Å². The van der Waals surface area contributed by atoms with Crippen LogP contribution in [0.2, 0.25) is 0 Å². The third kappa shape index (κ3) is 5.18. The van der Waals surface area contributed by atoms with Crippen LogP contribution in [0.4, 0.5) is 0 Å². The number of hydrogen-bond acceptors (Lipinski definition) is 7. The molecule has 2 aliphatic rings. The molecule has 3 aromatic rings. The Kier molecular flexibility index (Phi) is 7.54. The van der Waals surface area contributed by atoms with Crippen molar-refractivity contribution in [2.24, 2.45) is 0 Å². The number of aliphatic hydroxyl groups is 1. The molecule has 1 amide bonds. The first-order valence-electron chi connectivity index (χ1n) is 12.7. The molecule has 1 saturated heterocycles. The average molecular weight is 528 g/mol. The largest absolute Gasteiger partial charge is 0.507 e. The molecule has 0 saturated carbocycles. The number of rotatable bonds is 9. The summed E-state index contributed by atoms with van der Waals surface area (Å²) in [6, 6.07) is 18.7. The summed E-state index contributed by atoms with van der Waals surface area (Å²) in [7, 11) is 0. The second-order valence-corrected chi connectivity index (χ2v) is 9.01. The smallest absolute Gasteiger partial charge is 0.295 e. The van der Waals surface area contributed by atoms with E-state index in [9.17, 15) is 14.7 Å². The van der Waals surface area contributed by atoms with E-state index >= 15 is 0 Å². The third-order valence-corrected chi connectivity index (χ3v) is 6.49. The van der Waals surface area contributed by atoms with Crippen molar-refractivity contribution in [2.45, 2.75) is 19.5 Å². The van der Waals surface area contributed by atoms with E-state index in [1.807, 2.05) is 37.3 Å². The highest BCUT2D eigenvalue weighted by atomic mass is 16.6. The summed E-state index contributed by atoms with van der Waals surface area (Å²) in [4.78, 5) is 28.4. The SMILES string of the molecule is C=CCOc1ccc(C2/C(=C(/O)c3ccc4c(c3)OCCO4)C(=O)C(=O)N2Cc2ccccc2)cc1OCC. The molecule has 5 rings (SSSR count). The van der Waals surface area contributed by atoms with Crippen molar-refractivity contribution in [3.8, 4) is 23.0 Å². The Morgan fingerprint density at radius 3 is 2.51 bits per heavy atom. The molecule has 200 valence electrons. The van der Waals surface area contributed by atoms with E-state index in [-0.39, 0.29) is 24.5 Å². The molecule has 2 aliphatic heterocycles. The highest BCUT2D eigenvalue weighted by Crippen LogP contribution is 2.43. The van der Waals surface area contributed by atoms with Gasteiger partial charge in [-0.1, -0.05) is 49.1 Å². The van der Waals surface area contributed by atoms with Gasteiger partial charge >= 0.3 is 0 Å². The predicted octanol–water partition coefficient (Wildman–Crippen LogP) is 5.04. The molecule has 1 atom stereocenters.